The Kier molecular flexibility index (Phi) is 4.66. The molecule has 0 saturated carbocycles. The molecule has 11 heavy (non-hydrogen) atoms. The van der Waals surface area contributed by atoms with E-state index in [2.05, 4.69) is 22.4 Å². The fraction of sp³-hybridized carbons (Fsp3) is 0.714. The number of carbonyl (C=O) groups is 1. The van der Waals surface area contributed by atoms with Crippen LogP contribution in [0.4, 0.5) is 0 Å². The topological polar surface area (TPSA) is 49.7 Å². The van der Waals surface area contributed by atoms with E-state index < -0.39 is 12.0 Å². The number of carboxylic acids is 1. The van der Waals surface area contributed by atoms with Crippen molar-refractivity contribution < 1.29 is 9.90 Å². The van der Waals surface area contributed by atoms with Crippen LogP contribution >= 0.6 is 12.2 Å². The molecule has 0 heterocycles. The second kappa shape index (κ2) is 4.99. The molecule has 0 saturated heterocycles. The number of nitrogens with zero attached hydrogens (tertiary/aromatic N) is 1. The normalized spacial score (nSPS) is 12.3. The molecule has 1 atom stereocenters. The van der Waals surface area contributed by atoms with Crippen LogP contribution in [0, 0.1) is 5.92 Å². The van der Waals surface area contributed by atoms with E-state index in [4.69, 9.17) is 5.11 Å². The molecule has 0 fully saturated rings. The minimum atomic E-state index is -0.934. The van der Waals surface area contributed by atoms with Crippen LogP contribution in [-0.4, -0.2) is 22.3 Å². The van der Waals surface area contributed by atoms with E-state index in [1.807, 2.05) is 13.8 Å². The van der Waals surface area contributed by atoms with Gasteiger partial charge in [0.15, 0.2) is 6.04 Å². The van der Waals surface area contributed by atoms with Crippen molar-refractivity contribution in [3.63, 3.8) is 0 Å². The van der Waals surface area contributed by atoms with Gasteiger partial charge in [-0.1, -0.05) is 13.8 Å². The molecule has 0 aliphatic rings. The summed E-state index contributed by atoms with van der Waals surface area (Å²) in [6.07, 6.45) is 0.513. The Hall–Kier alpha value is -0.730. The van der Waals surface area contributed by atoms with Crippen molar-refractivity contribution in [2.45, 2.75) is 26.3 Å². The second-order valence-corrected chi connectivity index (χ2v) is 2.89. The number of hydrogen-bond donors (Lipinski definition) is 1. The van der Waals surface area contributed by atoms with Gasteiger partial charge < -0.3 is 5.11 Å². The highest BCUT2D eigenvalue weighted by Gasteiger charge is 2.16. The van der Waals surface area contributed by atoms with Crippen molar-refractivity contribution in [2.24, 2.45) is 10.9 Å². The van der Waals surface area contributed by atoms with E-state index in [1.165, 1.54) is 0 Å². The van der Waals surface area contributed by atoms with Crippen LogP contribution < -0.4 is 0 Å². The van der Waals surface area contributed by atoms with Crippen molar-refractivity contribution in [1.82, 2.24) is 0 Å². The highest BCUT2D eigenvalue weighted by Crippen LogP contribution is 2.07. The summed E-state index contributed by atoms with van der Waals surface area (Å²) in [6.45, 7) is 3.88. The lowest BCUT2D eigenvalue weighted by Crippen LogP contribution is -2.19. The highest BCUT2D eigenvalue weighted by molar-refractivity contribution is 7.78. The third-order valence-corrected chi connectivity index (χ3v) is 1.29. The Morgan fingerprint density at radius 1 is 1.73 bits per heavy atom. The first kappa shape index (κ1) is 10.3. The minimum Gasteiger partial charge on any atom is -0.480 e. The number of aliphatic carboxylic acids is 1. The van der Waals surface area contributed by atoms with Crippen LogP contribution in [0.5, 0.6) is 0 Å². The fourth-order valence-corrected chi connectivity index (χ4v) is 0.846. The third-order valence-electron chi connectivity index (χ3n) is 1.19. The average Bonchev–Trinajstić information content (AvgIpc) is 1.86. The highest BCUT2D eigenvalue weighted by atomic mass is 32.1. The maximum atomic E-state index is 10.4. The fourth-order valence-electron chi connectivity index (χ4n) is 0.719. The summed E-state index contributed by atoms with van der Waals surface area (Å²) < 4.78 is 0. The van der Waals surface area contributed by atoms with Crippen molar-refractivity contribution in [3.8, 4) is 0 Å². The third kappa shape index (κ3) is 4.65. The Morgan fingerprint density at radius 2 is 2.27 bits per heavy atom. The van der Waals surface area contributed by atoms with E-state index >= 15 is 0 Å². The molecule has 0 aliphatic carbocycles. The molecule has 0 aromatic rings. The standard InChI is InChI=1S/C7H11NO2S/c1-5(2)3-6(7(9)10)8-4-11/h5-6H,3H2,1-2H3,(H,9,10)/t6-/m1/s1. The molecule has 4 heteroatoms. The number of hydrogen-bond acceptors (Lipinski definition) is 3. The average molecular weight is 173 g/mol. The van der Waals surface area contributed by atoms with Crippen molar-refractivity contribution in [1.29, 1.82) is 0 Å². The van der Waals surface area contributed by atoms with Crippen LogP contribution in [0.1, 0.15) is 20.3 Å². The molecule has 3 nitrogen and oxygen atoms in total. The molecule has 0 rings (SSSR count). The minimum absolute atomic E-state index is 0.309. The molecule has 0 spiro atoms. The zero-order chi connectivity index (χ0) is 8.85. The monoisotopic (exact) mass is 173 g/mol. The summed E-state index contributed by atoms with van der Waals surface area (Å²) in [4.78, 5) is 14.0. The van der Waals surface area contributed by atoms with Crippen LogP contribution in [0.2, 0.25) is 0 Å². The molecule has 0 unspecified atom stereocenters. The maximum Gasteiger partial charge on any atom is 0.329 e. The second-order valence-electron chi connectivity index (χ2n) is 2.70. The van der Waals surface area contributed by atoms with E-state index in [9.17, 15) is 4.79 Å². The van der Waals surface area contributed by atoms with Gasteiger partial charge in [-0.25, -0.2) is 9.79 Å². The van der Waals surface area contributed by atoms with Crippen LogP contribution in [-0.2, 0) is 4.79 Å². The largest absolute Gasteiger partial charge is 0.480 e. The zero-order valence-corrected chi connectivity index (χ0v) is 7.39. The lowest BCUT2D eigenvalue weighted by atomic mass is 10.0. The first-order chi connectivity index (χ1) is 5.07. The van der Waals surface area contributed by atoms with Crippen molar-refractivity contribution >= 4 is 23.3 Å². The maximum absolute atomic E-state index is 10.4. The number of thiocarbonyl (C=S) groups is 1. The molecule has 0 bridgehead atoms. The molecule has 0 aromatic heterocycles. The first-order valence-electron chi connectivity index (χ1n) is 3.37. The summed E-state index contributed by atoms with van der Waals surface area (Å²) in [5, 5.41) is 10.7. The molecule has 0 aromatic carbocycles. The quantitative estimate of drug-likeness (QED) is 0.518. The van der Waals surface area contributed by atoms with E-state index in [1.54, 1.807) is 0 Å². The summed E-state index contributed by atoms with van der Waals surface area (Å²) >= 11 is 4.32. The lowest BCUT2D eigenvalue weighted by molar-refractivity contribution is -0.138. The summed E-state index contributed by atoms with van der Waals surface area (Å²) in [5.74, 6) is -0.626. The number of aliphatic imine (C=N–C) groups is 1. The molecule has 0 amide bonds. The number of carboxylic acid groups (broad SMARTS) is 1. The van der Waals surface area contributed by atoms with E-state index in [0.717, 1.165) is 0 Å². The lowest BCUT2D eigenvalue weighted by Gasteiger charge is -2.07. The number of rotatable bonds is 4. The Bertz CT molecular complexity index is 183. The van der Waals surface area contributed by atoms with Crippen molar-refractivity contribution in [2.75, 3.05) is 0 Å². The molecule has 0 aliphatic heterocycles. The van der Waals surface area contributed by atoms with Gasteiger partial charge in [0.05, 0.1) is 5.16 Å². The van der Waals surface area contributed by atoms with Crippen LogP contribution in [0.15, 0.2) is 4.99 Å². The molecule has 1 N–H and O–H groups in total. The molecular weight excluding hydrogens is 162 g/mol. The SMILES string of the molecule is CC(C)C[C@@H](N=C=S)C(=O)O. The van der Waals surface area contributed by atoms with Gasteiger partial charge >= 0.3 is 5.97 Å². The van der Waals surface area contributed by atoms with Gasteiger partial charge in [-0.3, -0.25) is 0 Å². The summed E-state index contributed by atoms with van der Waals surface area (Å²) in [5.41, 5.74) is 0. The predicted octanol–water partition coefficient (Wildman–Crippen LogP) is 1.59. The van der Waals surface area contributed by atoms with Gasteiger partial charge in [0, 0.05) is 0 Å². The van der Waals surface area contributed by atoms with Gasteiger partial charge in [-0.05, 0) is 24.6 Å². The molecule has 0 radical (unpaired) electrons. The van der Waals surface area contributed by atoms with Gasteiger partial charge in [0.1, 0.15) is 0 Å². The van der Waals surface area contributed by atoms with E-state index in [0.29, 0.717) is 12.3 Å². The summed E-state index contributed by atoms with van der Waals surface area (Å²) in [6, 6.07) is -0.715. The zero-order valence-electron chi connectivity index (χ0n) is 6.57. The van der Waals surface area contributed by atoms with Crippen molar-refractivity contribution in [3.05, 3.63) is 0 Å². The Labute approximate surface area is 71.1 Å². The number of isothiocyanates is 1. The van der Waals surface area contributed by atoms with Gasteiger partial charge in [0.2, 0.25) is 0 Å². The smallest absolute Gasteiger partial charge is 0.329 e. The molecule has 62 valence electrons. The summed E-state index contributed by atoms with van der Waals surface area (Å²) in [7, 11) is 0. The molecular formula is C7H11NO2S. The van der Waals surface area contributed by atoms with Crippen LogP contribution in [0.3, 0.4) is 0 Å². The van der Waals surface area contributed by atoms with Gasteiger partial charge in [-0.2, -0.15) is 0 Å². The predicted molar refractivity (Wildman–Crippen MR) is 45.9 cm³/mol. The Morgan fingerprint density at radius 3 is 2.55 bits per heavy atom. The van der Waals surface area contributed by atoms with Gasteiger partial charge in [0.25, 0.3) is 0 Å². The van der Waals surface area contributed by atoms with Crippen LogP contribution in [0.25, 0.3) is 0 Å². The van der Waals surface area contributed by atoms with E-state index in [-0.39, 0.29) is 0 Å². The first-order valence-corrected chi connectivity index (χ1v) is 3.78. The van der Waals surface area contributed by atoms with Gasteiger partial charge in [-0.15, -0.1) is 0 Å². The Balaban J connectivity index is 4.11.